The Hall–Kier alpha value is -5.55. The molecule has 6 aromatic rings. The summed E-state index contributed by atoms with van der Waals surface area (Å²) in [4.78, 5) is 19.9. The second kappa shape index (κ2) is 10.2. The number of benzene rings is 4. The monoisotopic (exact) mass is 607 g/mol. The average Bonchev–Trinajstić information content (AvgIpc) is 3.62. The first-order valence-electron chi connectivity index (χ1n) is 16.8. The summed E-state index contributed by atoms with van der Waals surface area (Å²) in [7, 11) is 0. The number of rotatable bonds is 3. The van der Waals surface area contributed by atoms with E-state index in [1.165, 1.54) is 44.5 Å². The number of aromatic nitrogens is 2. The first-order chi connectivity index (χ1) is 23.3. The Morgan fingerprint density at radius 3 is 1.83 bits per heavy atom. The van der Waals surface area contributed by atoms with E-state index in [1.807, 2.05) is 0 Å². The molecule has 0 bridgehead atoms. The maximum absolute atomic E-state index is 5.20. The van der Waals surface area contributed by atoms with Crippen LogP contribution >= 0.6 is 0 Å². The van der Waals surface area contributed by atoms with Crippen molar-refractivity contribution in [2.24, 2.45) is 4.99 Å². The molecule has 1 saturated heterocycles. The third kappa shape index (κ3) is 3.80. The summed E-state index contributed by atoms with van der Waals surface area (Å²) in [6.07, 6.45) is 2.23. The summed E-state index contributed by atoms with van der Waals surface area (Å²) >= 11 is 0. The highest BCUT2D eigenvalue weighted by Gasteiger charge is 2.51. The molecule has 0 N–H and O–H groups in total. The van der Waals surface area contributed by atoms with Gasteiger partial charge in [-0.15, -0.1) is 0 Å². The molecular formula is C42H33N5. The van der Waals surface area contributed by atoms with Crippen LogP contribution in [0.1, 0.15) is 35.1 Å². The van der Waals surface area contributed by atoms with Gasteiger partial charge in [0.2, 0.25) is 5.96 Å². The zero-order chi connectivity index (χ0) is 31.0. The molecule has 10 rings (SSSR count). The van der Waals surface area contributed by atoms with Crippen molar-refractivity contribution in [2.75, 3.05) is 31.1 Å². The summed E-state index contributed by atoms with van der Waals surface area (Å²) in [5.74, 6) is 2.01. The van der Waals surface area contributed by atoms with Crippen molar-refractivity contribution in [3.05, 3.63) is 150 Å². The fourth-order valence-electron chi connectivity index (χ4n) is 8.56. The maximum Gasteiger partial charge on any atom is 0.202 e. The molecule has 0 radical (unpaired) electrons. The van der Waals surface area contributed by atoms with Crippen LogP contribution in [0.5, 0.6) is 0 Å². The Morgan fingerprint density at radius 2 is 1.09 bits per heavy atom. The molecule has 5 nitrogen and oxygen atoms in total. The van der Waals surface area contributed by atoms with Gasteiger partial charge in [-0.1, -0.05) is 97.1 Å². The number of anilines is 1. The zero-order valence-electron chi connectivity index (χ0n) is 26.1. The first kappa shape index (κ1) is 26.6. The van der Waals surface area contributed by atoms with E-state index < -0.39 is 0 Å². The van der Waals surface area contributed by atoms with E-state index in [-0.39, 0.29) is 5.41 Å². The molecule has 1 spiro atoms. The van der Waals surface area contributed by atoms with Gasteiger partial charge in [0.1, 0.15) is 5.82 Å². The van der Waals surface area contributed by atoms with Crippen molar-refractivity contribution < 1.29 is 0 Å². The van der Waals surface area contributed by atoms with Crippen molar-refractivity contribution in [3.63, 3.8) is 0 Å². The van der Waals surface area contributed by atoms with Gasteiger partial charge in [0.15, 0.2) is 0 Å². The van der Waals surface area contributed by atoms with E-state index in [0.717, 1.165) is 73.4 Å². The Kier molecular flexibility index (Phi) is 5.80. The number of fused-ring (bicyclic) bond motifs is 11. The van der Waals surface area contributed by atoms with Crippen molar-refractivity contribution in [3.8, 4) is 44.9 Å². The molecule has 0 saturated carbocycles. The predicted molar refractivity (Wildman–Crippen MR) is 190 cm³/mol. The van der Waals surface area contributed by atoms with Crippen molar-refractivity contribution in [1.29, 1.82) is 0 Å². The lowest BCUT2D eigenvalue weighted by Gasteiger charge is -2.40. The summed E-state index contributed by atoms with van der Waals surface area (Å²) in [5, 5.41) is 0. The molecule has 5 heteroatoms. The van der Waals surface area contributed by atoms with Crippen molar-refractivity contribution >= 4 is 11.8 Å². The van der Waals surface area contributed by atoms with E-state index in [9.17, 15) is 0 Å². The van der Waals surface area contributed by atoms with E-state index in [4.69, 9.17) is 15.0 Å². The quantitative estimate of drug-likeness (QED) is 0.202. The summed E-state index contributed by atoms with van der Waals surface area (Å²) < 4.78 is 0. The molecule has 2 aliphatic carbocycles. The first-order valence-corrected chi connectivity index (χ1v) is 16.8. The summed E-state index contributed by atoms with van der Waals surface area (Å²) in [6, 6.07) is 46.4. The van der Waals surface area contributed by atoms with Gasteiger partial charge in [-0.05, 0) is 87.7 Å². The van der Waals surface area contributed by atoms with Gasteiger partial charge < -0.3 is 4.90 Å². The molecule has 226 valence electrons. The smallest absolute Gasteiger partial charge is 0.202 e. The van der Waals surface area contributed by atoms with Gasteiger partial charge in [-0.3, -0.25) is 9.89 Å². The Labute approximate surface area is 274 Å². The van der Waals surface area contributed by atoms with Crippen LogP contribution in [0.3, 0.4) is 0 Å². The molecular weight excluding hydrogens is 574 g/mol. The predicted octanol–water partition coefficient (Wildman–Crippen LogP) is 8.43. The van der Waals surface area contributed by atoms with Gasteiger partial charge in [-0.2, -0.15) is 0 Å². The van der Waals surface area contributed by atoms with Gasteiger partial charge in [0, 0.05) is 31.7 Å². The molecule has 0 amide bonds. The topological polar surface area (TPSA) is 44.6 Å². The number of aliphatic imine (C=N–C) groups is 1. The van der Waals surface area contributed by atoms with E-state index in [1.54, 1.807) is 0 Å². The normalized spacial score (nSPS) is 16.6. The minimum absolute atomic E-state index is 0.329. The standard InChI is InChI=1S/C42H33N5/c1-4-14-33-29(11-1)30-12-2-5-15-34(30)42(33)35-16-6-3-13-31(35)32-27-28(21-22-36(32)42)37-17-7-18-38(44-37)39-19-8-20-40(45-39)47-26-10-25-46-24-9-23-43-41(46)47/h1-8,11-22,27H,9-10,23-26H2. The van der Waals surface area contributed by atoms with Crippen LogP contribution < -0.4 is 4.90 Å². The highest BCUT2D eigenvalue weighted by atomic mass is 15.4. The largest absolute Gasteiger partial charge is 0.342 e. The van der Waals surface area contributed by atoms with Gasteiger partial charge in [-0.25, -0.2) is 9.97 Å². The minimum Gasteiger partial charge on any atom is -0.342 e. The molecule has 4 aromatic carbocycles. The van der Waals surface area contributed by atoms with Crippen molar-refractivity contribution in [2.45, 2.75) is 18.3 Å². The highest BCUT2D eigenvalue weighted by molar-refractivity contribution is 5.97. The van der Waals surface area contributed by atoms with Crippen LogP contribution in [-0.4, -0.2) is 47.0 Å². The Bertz CT molecular complexity index is 2210. The molecule has 47 heavy (non-hydrogen) atoms. The number of pyridine rings is 2. The molecule has 2 aliphatic heterocycles. The Morgan fingerprint density at radius 1 is 0.489 bits per heavy atom. The highest BCUT2D eigenvalue weighted by Crippen LogP contribution is 2.62. The van der Waals surface area contributed by atoms with Crippen LogP contribution in [0.25, 0.3) is 44.9 Å². The van der Waals surface area contributed by atoms with Crippen LogP contribution in [0, 0.1) is 0 Å². The van der Waals surface area contributed by atoms with Crippen LogP contribution in [0.4, 0.5) is 5.82 Å². The van der Waals surface area contributed by atoms with Gasteiger partial charge in [0.05, 0.1) is 22.5 Å². The van der Waals surface area contributed by atoms with E-state index >= 15 is 0 Å². The fourth-order valence-corrected chi connectivity index (χ4v) is 8.56. The van der Waals surface area contributed by atoms with Crippen LogP contribution in [-0.2, 0) is 5.41 Å². The second-order valence-corrected chi connectivity index (χ2v) is 13.0. The second-order valence-electron chi connectivity index (χ2n) is 13.0. The maximum atomic E-state index is 5.20. The number of nitrogens with zero attached hydrogens (tertiary/aromatic N) is 5. The van der Waals surface area contributed by atoms with Gasteiger partial charge in [0.25, 0.3) is 0 Å². The third-order valence-corrected chi connectivity index (χ3v) is 10.5. The van der Waals surface area contributed by atoms with E-state index in [0.29, 0.717) is 0 Å². The summed E-state index contributed by atoms with van der Waals surface area (Å²) in [6.45, 7) is 3.97. The number of hydrogen-bond acceptors (Lipinski definition) is 5. The molecule has 2 aromatic heterocycles. The molecule has 4 heterocycles. The lowest BCUT2D eigenvalue weighted by atomic mass is 9.70. The van der Waals surface area contributed by atoms with Crippen LogP contribution in [0.2, 0.25) is 0 Å². The fraction of sp³-hybridized carbons (Fsp3) is 0.167. The minimum atomic E-state index is -0.329. The zero-order valence-corrected chi connectivity index (χ0v) is 26.1. The molecule has 0 atom stereocenters. The average molecular weight is 608 g/mol. The lowest BCUT2D eigenvalue weighted by Crippen LogP contribution is -2.52. The molecule has 0 unspecified atom stereocenters. The number of hydrogen-bond donors (Lipinski definition) is 0. The number of guanidine groups is 1. The van der Waals surface area contributed by atoms with Crippen molar-refractivity contribution in [1.82, 2.24) is 14.9 Å². The third-order valence-electron chi connectivity index (χ3n) is 10.5. The molecule has 4 aliphatic rings. The lowest BCUT2D eigenvalue weighted by molar-refractivity contribution is 0.359. The Balaban J connectivity index is 1.07. The summed E-state index contributed by atoms with van der Waals surface area (Å²) in [5.41, 5.74) is 14.1. The van der Waals surface area contributed by atoms with Crippen LogP contribution in [0.15, 0.2) is 132 Å². The SMILES string of the molecule is c1cc(-c2ccc3c(c2)-c2ccccc2C32c3ccccc3-c3ccccc32)nc(-c2cccc(N3CCCN4CCCN=C43)n2)c1. The molecule has 1 fully saturated rings. The van der Waals surface area contributed by atoms with E-state index in [2.05, 4.69) is 137 Å². The van der Waals surface area contributed by atoms with Gasteiger partial charge >= 0.3 is 0 Å².